The predicted octanol–water partition coefficient (Wildman–Crippen LogP) is -0.385. The smallest absolute Gasteiger partial charge is 0.248 e. The molecule has 1 aliphatic heterocycles. The summed E-state index contributed by atoms with van der Waals surface area (Å²) < 4.78 is 4.66. The number of amides is 1. The maximum absolute atomic E-state index is 11.0. The van der Waals surface area contributed by atoms with Crippen LogP contribution in [0.1, 0.15) is 0 Å². The van der Waals surface area contributed by atoms with E-state index in [1.165, 1.54) is 7.11 Å². The average molecular weight is 154 g/mol. The van der Waals surface area contributed by atoms with Crippen LogP contribution in [0.4, 0.5) is 0 Å². The summed E-state index contributed by atoms with van der Waals surface area (Å²) in [5.74, 6) is 0.00908. The molecule has 1 heterocycles. The molecule has 4 heteroatoms. The van der Waals surface area contributed by atoms with E-state index >= 15 is 0 Å². The van der Waals surface area contributed by atoms with Crippen LogP contribution >= 0.6 is 0 Å². The summed E-state index contributed by atoms with van der Waals surface area (Å²) in [5, 5.41) is 8.40. The highest BCUT2D eigenvalue weighted by molar-refractivity contribution is 5.78. The molecule has 4 nitrogen and oxygen atoms in total. The van der Waals surface area contributed by atoms with Gasteiger partial charge in [0.15, 0.2) is 0 Å². The van der Waals surface area contributed by atoms with Crippen LogP contribution in [0.3, 0.4) is 0 Å². The van der Waals surface area contributed by atoms with Gasteiger partial charge in [-0.15, -0.1) is 0 Å². The highest BCUT2D eigenvalue weighted by atomic mass is 16.5. The van der Waals surface area contributed by atoms with Gasteiger partial charge in [0.1, 0.15) is 6.61 Å². The Kier molecular flexibility index (Phi) is 2.44. The second kappa shape index (κ2) is 3.35. The number of likely N-dealkylation sites (tertiary alicyclic amines) is 1. The third-order valence-electron chi connectivity index (χ3n) is 1.68. The standard InChI is InChI=1S/C7H10N2O2/c1-11-5-7(10)9-3-6(2-8)4-9/h6H,3-5H2,1H3. The van der Waals surface area contributed by atoms with Gasteiger partial charge in [0.25, 0.3) is 0 Å². The SMILES string of the molecule is COCC(=O)N1CC(C#N)C1. The Bertz CT molecular complexity index is 191. The van der Waals surface area contributed by atoms with Gasteiger partial charge in [-0.05, 0) is 0 Å². The number of hydrogen-bond acceptors (Lipinski definition) is 3. The maximum atomic E-state index is 11.0. The second-order valence-electron chi connectivity index (χ2n) is 2.56. The molecule has 0 aliphatic carbocycles. The van der Waals surface area contributed by atoms with Crippen molar-refractivity contribution in [1.29, 1.82) is 5.26 Å². The van der Waals surface area contributed by atoms with E-state index in [-0.39, 0.29) is 18.4 Å². The lowest BCUT2D eigenvalue weighted by molar-refractivity contribution is -0.140. The number of ether oxygens (including phenoxy) is 1. The zero-order valence-electron chi connectivity index (χ0n) is 6.41. The zero-order valence-corrected chi connectivity index (χ0v) is 6.41. The topological polar surface area (TPSA) is 53.3 Å². The minimum Gasteiger partial charge on any atom is -0.375 e. The van der Waals surface area contributed by atoms with Crippen molar-refractivity contribution in [3.8, 4) is 6.07 Å². The Hall–Kier alpha value is -1.08. The van der Waals surface area contributed by atoms with Crippen LogP contribution in [0, 0.1) is 17.2 Å². The minimum absolute atomic E-state index is 0.0287. The van der Waals surface area contributed by atoms with Gasteiger partial charge < -0.3 is 9.64 Å². The van der Waals surface area contributed by atoms with Gasteiger partial charge in [-0.2, -0.15) is 5.26 Å². The average Bonchev–Trinajstić information content (AvgIpc) is 1.86. The van der Waals surface area contributed by atoms with E-state index in [9.17, 15) is 4.79 Å². The first-order valence-electron chi connectivity index (χ1n) is 3.44. The summed E-state index contributed by atoms with van der Waals surface area (Å²) in [6, 6.07) is 2.09. The molecule has 1 aliphatic rings. The van der Waals surface area contributed by atoms with Crippen molar-refractivity contribution in [2.45, 2.75) is 0 Å². The van der Waals surface area contributed by atoms with Crippen LogP contribution in [0.15, 0.2) is 0 Å². The van der Waals surface area contributed by atoms with E-state index in [1.807, 2.05) is 0 Å². The van der Waals surface area contributed by atoms with Crippen molar-refractivity contribution < 1.29 is 9.53 Å². The maximum Gasteiger partial charge on any atom is 0.248 e. The van der Waals surface area contributed by atoms with E-state index in [2.05, 4.69) is 10.8 Å². The van der Waals surface area contributed by atoms with Gasteiger partial charge in [0.2, 0.25) is 5.91 Å². The van der Waals surface area contributed by atoms with Gasteiger partial charge in [-0.1, -0.05) is 0 Å². The normalized spacial score (nSPS) is 17.3. The second-order valence-corrected chi connectivity index (χ2v) is 2.56. The minimum atomic E-state index is -0.0287. The highest BCUT2D eigenvalue weighted by Gasteiger charge is 2.29. The number of nitrogens with zero attached hydrogens (tertiary/aromatic N) is 2. The number of hydrogen-bond donors (Lipinski definition) is 0. The summed E-state index contributed by atoms with van der Waals surface area (Å²) in [4.78, 5) is 12.6. The van der Waals surface area contributed by atoms with Crippen molar-refractivity contribution in [2.24, 2.45) is 5.92 Å². The lowest BCUT2D eigenvalue weighted by atomic mass is 10.0. The molecule has 1 fully saturated rings. The molecule has 60 valence electrons. The van der Waals surface area contributed by atoms with E-state index in [0.29, 0.717) is 13.1 Å². The Labute approximate surface area is 65.4 Å². The molecule has 11 heavy (non-hydrogen) atoms. The van der Waals surface area contributed by atoms with Gasteiger partial charge in [0.05, 0.1) is 12.0 Å². The molecule has 1 rings (SSSR count). The van der Waals surface area contributed by atoms with Crippen molar-refractivity contribution >= 4 is 5.91 Å². The quantitative estimate of drug-likeness (QED) is 0.544. The highest BCUT2D eigenvalue weighted by Crippen LogP contribution is 2.13. The number of carbonyl (C=O) groups is 1. The Balaban J connectivity index is 2.22. The number of nitriles is 1. The molecule has 0 N–H and O–H groups in total. The van der Waals surface area contributed by atoms with E-state index < -0.39 is 0 Å². The summed E-state index contributed by atoms with van der Waals surface area (Å²) in [6.45, 7) is 1.26. The first-order chi connectivity index (χ1) is 5.27. The van der Waals surface area contributed by atoms with Crippen molar-refractivity contribution in [3.05, 3.63) is 0 Å². The molecule has 0 saturated carbocycles. The molecular formula is C7H10N2O2. The first kappa shape index (κ1) is 8.02. The van der Waals surface area contributed by atoms with Crippen LogP contribution in [0.2, 0.25) is 0 Å². The van der Waals surface area contributed by atoms with Gasteiger partial charge in [0, 0.05) is 20.2 Å². The molecule has 1 saturated heterocycles. The third kappa shape index (κ3) is 1.69. The largest absolute Gasteiger partial charge is 0.375 e. The summed E-state index contributed by atoms with van der Waals surface area (Å²) in [6.07, 6.45) is 0. The van der Waals surface area contributed by atoms with Crippen molar-refractivity contribution in [3.63, 3.8) is 0 Å². The third-order valence-corrected chi connectivity index (χ3v) is 1.68. The van der Waals surface area contributed by atoms with Crippen molar-refractivity contribution in [2.75, 3.05) is 26.8 Å². The lowest BCUT2D eigenvalue weighted by Crippen LogP contribution is -2.50. The van der Waals surface area contributed by atoms with Gasteiger partial charge >= 0.3 is 0 Å². The monoisotopic (exact) mass is 154 g/mol. The molecule has 0 bridgehead atoms. The molecule has 0 aromatic rings. The van der Waals surface area contributed by atoms with E-state index in [0.717, 1.165) is 0 Å². The Morgan fingerprint density at radius 3 is 2.91 bits per heavy atom. The fourth-order valence-electron chi connectivity index (χ4n) is 0.979. The lowest BCUT2D eigenvalue weighted by Gasteiger charge is -2.34. The Morgan fingerprint density at radius 2 is 2.45 bits per heavy atom. The van der Waals surface area contributed by atoms with Crippen molar-refractivity contribution in [1.82, 2.24) is 4.90 Å². The molecule has 1 amide bonds. The number of rotatable bonds is 2. The summed E-state index contributed by atoms with van der Waals surface area (Å²) >= 11 is 0. The zero-order chi connectivity index (χ0) is 8.27. The number of methoxy groups -OCH3 is 1. The van der Waals surface area contributed by atoms with Crippen LogP contribution in [-0.4, -0.2) is 37.6 Å². The van der Waals surface area contributed by atoms with Crippen LogP contribution < -0.4 is 0 Å². The van der Waals surface area contributed by atoms with E-state index in [1.54, 1.807) is 4.90 Å². The van der Waals surface area contributed by atoms with Crippen LogP contribution in [0.5, 0.6) is 0 Å². The van der Waals surface area contributed by atoms with E-state index in [4.69, 9.17) is 5.26 Å². The fraction of sp³-hybridized carbons (Fsp3) is 0.714. The molecular weight excluding hydrogens is 144 g/mol. The Morgan fingerprint density at radius 1 is 1.82 bits per heavy atom. The first-order valence-corrected chi connectivity index (χ1v) is 3.44. The van der Waals surface area contributed by atoms with Gasteiger partial charge in [-0.25, -0.2) is 0 Å². The van der Waals surface area contributed by atoms with Crippen LogP contribution in [-0.2, 0) is 9.53 Å². The molecule has 0 unspecified atom stereocenters. The summed E-state index contributed by atoms with van der Waals surface area (Å²) in [7, 11) is 1.49. The molecule has 0 aromatic heterocycles. The predicted molar refractivity (Wildman–Crippen MR) is 37.6 cm³/mol. The van der Waals surface area contributed by atoms with Crippen LogP contribution in [0.25, 0.3) is 0 Å². The molecule has 0 spiro atoms. The fourth-order valence-corrected chi connectivity index (χ4v) is 0.979. The molecule has 0 atom stereocenters. The van der Waals surface area contributed by atoms with Gasteiger partial charge in [-0.3, -0.25) is 4.79 Å². The molecule has 0 aromatic carbocycles. The summed E-state index contributed by atoms with van der Waals surface area (Å²) in [5.41, 5.74) is 0. The molecule has 0 radical (unpaired) electrons. The number of carbonyl (C=O) groups excluding carboxylic acids is 1.